The van der Waals surface area contributed by atoms with E-state index in [-0.39, 0.29) is 36.4 Å². The van der Waals surface area contributed by atoms with Crippen molar-refractivity contribution in [1.82, 2.24) is 10.6 Å². The van der Waals surface area contributed by atoms with Crippen molar-refractivity contribution in [1.29, 1.82) is 0 Å². The number of aliphatic imine (C=N–C) groups is 1. The molecule has 156 valence electrons. The number of nitrogens with one attached hydrogen (secondary N) is 3. The average molecular weight is 502 g/mol. The number of guanidine groups is 1. The van der Waals surface area contributed by atoms with Crippen molar-refractivity contribution in [2.75, 3.05) is 31.6 Å². The topological polar surface area (TPSA) is 84.0 Å². The predicted molar refractivity (Wildman–Crippen MR) is 122 cm³/mol. The van der Waals surface area contributed by atoms with Crippen LogP contribution >= 0.6 is 24.0 Å². The molecule has 8 heteroatoms. The zero-order valence-corrected chi connectivity index (χ0v) is 18.8. The number of hydrogen-bond donors (Lipinski definition) is 3. The molecule has 1 heterocycles. The second-order valence-electron chi connectivity index (χ2n) is 6.93. The molecule has 3 N–H and O–H groups in total. The van der Waals surface area contributed by atoms with Crippen LogP contribution in [-0.2, 0) is 4.79 Å². The molecular formula is C20H31IN4O3. The number of hydrogen-bond acceptors (Lipinski definition) is 4. The summed E-state index contributed by atoms with van der Waals surface area (Å²) in [6.45, 7) is 4.12. The van der Waals surface area contributed by atoms with Crippen LogP contribution in [0, 0.1) is 0 Å². The van der Waals surface area contributed by atoms with Gasteiger partial charge in [0.15, 0.2) is 17.5 Å². The maximum Gasteiger partial charge on any atom is 0.242 e. The number of carbonyl (C=O) groups excluding carboxylic acids is 1. The van der Waals surface area contributed by atoms with Gasteiger partial charge >= 0.3 is 0 Å². The summed E-state index contributed by atoms with van der Waals surface area (Å²) in [6.07, 6.45) is 6.69. The van der Waals surface area contributed by atoms with Gasteiger partial charge in [-0.1, -0.05) is 19.3 Å². The van der Waals surface area contributed by atoms with Crippen LogP contribution in [0.3, 0.4) is 0 Å². The van der Waals surface area contributed by atoms with E-state index in [9.17, 15) is 4.79 Å². The Morgan fingerprint density at radius 3 is 2.61 bits per heavy atom. The van der Waals surface area contributed by atoms with Gasteiger partial charge in [-0.2, -0.15) is 0 Å². The van der Waals surface area contributed by atoms with Crippen molar-refractivity contribution in [3.63, 3.8) is 0 Å². The Morgan fingerprint density at radius 2 is 1.86 bits per heavy atom. The Labute approximate surface area is 184 Å². The summed E-state index contributed by atoms with van der Waals surface area (Å²) in [5.74, 6) is 2.03. The molecule has 0 spiro atoms. The van der Waals surface area contributed by atoms with Gasteiger partial charge in [0.05, 0.1) is 13.2 Å². The summed E-state index contributed by atoms with van der Waals surface area (Å²) < 4.78 is 11.4. The van der Waals surface area contributed by atoms with Gasteiger partial charge in [0.1, 0.15) is 6.54 Å². The summed E-state index contributed by atoms with van der Waals surface area (Å²) in [4.78, 5) is 16.6. The molecule has 1 saturated carbocycles. The normalized spacial score (nSPS) is 17.1. The van der Waals surface area contributed by atoms with Gasteiger partial charge in [-0.05, 0) is 31.9 Å². The van der Waals surface area contributed by atoms with Crippen LogP contribution in [0.5, 0.6) is 11.5 Å². The molecule has 3 rings (SSSR count). The molecule has 1 aliphatic carbocycles. The largest absolute Gasteiger partial charge is 0.490 e. The second kappa shape index (κ2) is 12.0. The number of carbonyl (C=O) groups is 1. The standard InChI is InChI=1S/C20H30N4O3.HI/c1-2-21-20(22-14-19(25)23-15-7-4-3-5-8-15)24-16-9-10-17-18(13-16)27-12-6-11-26-17;/h9-10,13,15H,2-8,11-12,14H2,1H3,(H,23,25)(H2,21,22,24);1H. The van der Waals surface area contributed by atoms with Gasteiger partial charge in [0, 0.05) is 30.8 Å². The minimum Gasteiger partial charge on any atom is -0.490 e. The minimum absolute atomic E-state index is 0. The van der Waals surface area contributed by atoms with Crippen LogP contribution in [0.25, 0.3) is 0 Å². The molecule has 2 aliphatic rings. The summed E-state index contributed by atoms with van der Waals surface area (Å²) in [6, 6.07) is 6.01. The Morgan fingerprint density at radius 1 is 1.11 bits per heavy atom. The third kappa shape index (κ3) is 7.03. The van der Waals surface area contributed by atoms with Crippen LogP contribution < -0.4 is 25.4 Å². The maximum absolute atomic E-state index is 12.2. The number of rotatable bonds is 5. The first-order valence-electron chi connectivity index (χ1n) is 9.99. The number of ether oxygens (including phenoxy) is 2. The monoisotopic (exact) mass is 502 g/mol. The van der Waals surface area contributed by atoms with Crippen LogP contribution in [0.2, 0.25) is 0 Å². The predicted octanol–water partition coefficient (Wildman–Crippen LogP) is 3.29. The zero-order valence-electron chi connectivity index (χ0n) is 16.5. The van der Waals surface area contributed by atoms with Gasteiger partial charge in [-0.25, -0.2) is 4.99 Å². The number of anilines is 1. The van der Waals surface area contributed by atoms with E-state index >= 15 is 0 Å². The fourth-order valence-electron chi connectivity index (χ4n) is 3.36. The Bertz CT molecular complexity index is 663. The van der Waals surface area contributed by atoms with Crippen molar-refractivity contribution in [2.24, 2.45) is 4.99 Å². The summed E-state index contributed by atoms with van der Waals surface area (Å²) in [7, 11) is 0. The SMILES string of the molecule is CCNC(=NCC(=O)NC1CCCCC1)Nc1ccc2c(c1)OCCCO2.I. The lowest BCUT2D eigenvalue weighted by molar-refractivity contribution is -0.120. The van der Waals surface area contributed by atoms with Gasteiger partial charge in [-0.15, -0.1) is 24.0 Å². The second-order valence-corrected chi connectivity index (χ2v) is 6.93. The number of fused-ring (bicyclic) bond motifs is 1. The molecule has 1 amide bonds. The van der Waals surface area contributed by atoms with E-state index in [1.165, 1.54) is 19.3 Å². The van der Waals surface area contributed by atoms with Crippen LogP contribution in [-0.4, -0.2) is 44.2 Å². The third-order valence-corrected chi connectivity index (χ3v) is 4.71. The van der Waals surface area contributed by atoms with E-state index in [0.717, 1.165) is 36.4 Å². The molecule has 0 atom stereocenters. The van der Waals surface area contributed by atoms with Crippen LogP contribution in [0.15, 0.2) is 23.2 Å². The molecule has 1 aliphatic heterocycles. The molecule has 0 radical (unpaired) electrons. The first-order valence-corrected chi connectivity index (χ1v) is 9.99. The van der Waals surface area contributed by atoms with E-state index in [2.05, 4.69) is 20.9 Å². The summed E-state index contributed by atoms with van der Waals surface area (Å²) in [5.41, 5.74) is 0.839. The average Bonchev–Trinajstić information content (AvgIpc) is 2.92. The minimum atomic E-state index is -0.0298. The van der Waals surface area contributed by atoms with Crippen LogP contribution in [0.1, 0.15) is 45.4 Å². The van der Waals surface area contributed by atoms with E-state index in [1.54, 1.807) is 0 Å². The lowest BCUT2D eigenvalue weighted by Crippen LogP contribution is -2.38. The highest BCUT2D eigenvalue weighted by Crippen LogP contribution is 2.32. The molecule has 7 nitrogen and oxygen atoms in total. The van der Waals surface area contributed by atoms with Crippen molar-refractivity contribution in [2.45, 2.75) is 51.5 Å². The highest BCUT2D eigenvalue weighted by molar-refractivity contribution is 14.0. The molecular weight excluding hydrogens is 471 g/mol. The fraction of sp³-hybridized carbons (Fsp3) is 0.600. The molecule has 1 fully saturated rings. The summed E-state index contributed by atoms with van der Waals surface area (Å²) >= 11 is 0. The fourth-order valence-corrected chi connectivity index (χ4v) is 3.36. The first-order chi connectivity index (χ1) is 13.2. The van der Waals surface area contributed by atoms with E-state index in [1.807, 2.05) is 25.1 Å². The number of benzene rings is 1. The molecule has 0 aromatic heterocycles. The lowest BCUT2D eigenvalue weighted by atomic mass is 9.95. The lowest BCUT2D eigenvalue weighted by Gasteiger charge is -2.22. The molecule has 1 aromatic rings. The van der Waals surface area contributed by atoms with E-state index in [0.29, 0.717) is 31.8 Å². The Balaban J connectivity index is 0.00000280. The number of amides is 1. The van der Waals surface area contributed by atoms with Crippen molar-refractivity contribution >= 4 is 41.5 Å². The Hall–Kier alpha value is -1.71. The molecule has 0 unspecified atom stereocenters. The Kier molecular flexibility index (Phi) is 9.66. The van der Waals surface area contributed by atoms with Gasteiger partial charge < -0.3 is 25.4 Å². The van der Waals surface area contributed by atoms with Gasteiger partial charge in [0.2, 0.25) is 5.91 Å². The van der Waals surface area contributed by atoms with E-state index < -0.39 is 0 Å². The third-order valence-electron chi connectivity index (χ3n) is 4.71. The van der Waals surface area contributed by atoms with Gasteiger partial charge in [-0.3, -0.25) is 4.79 Å². The first kappa shape index (κ1) is 22.6. The quantitative estimate of drug-likeness (QED) is 0.327. The van der Waals surface area contributed by atoms with Crippen molar-refractivity contribution in [3.05, 3.63) is 18.2 Å². The van der Waals surface area contributed by atoms with E-state index in [4.69, 9.17) is 9.47 Å². The molecule has 0 saturated heterocycles. The van der Waals surface area contributed by atoms with Gasteiger partial charge in [0.25, 0.3) is 0 Å². The number of nitrogens with zero attached hydrogens (tertiary/aromatic N) is 1. The zero-order chi connectivity index (χ0) is 18.9. The molecule has 1 aromatic carbocycles. The molecule has 0 bridgehead atoms. The highest BCUT2D eigenvalue weighted by Gasteiger charge is 2.15. The molecule has 28 heavy (non-hydrogen) atoms. The van der Waals surface area contributed by atoms with Crippen LogP contribution in [0.4, 0.5) is 5.69 Å². The van der Waals surface area contributed by atoms with Crippen molar-refractivity contribution < 1.29 is 14.3 Å². The smallest absolute Gasteiger partial charge is 0.242 e. The highest BCUT2D eigenvalue weighted by atomic mass is 127. The maximum atomic E-state index is 12.2. The summed E-state index contributed by atoms with van der Waals surface area (Å²) in [5, 5.41) is 9.49. The van der Waals surface area contributed by atoms with Crippen molar-refractivity contribution in [3.8, 4) is 11.5 Å². The number of halogens is 1.